The van der Waals surface area contributed by atoms with Gasteiger partial charge in [-0.05, 0) is 54.2 Å². The molecule has 8 nitrogen and oxygen atoms in total. The Morgan fingerprint density at radius 1 is 0.826 bits per heavy atom. The van der Waals surface area contributed by atoms with Gasteiger partial charge in [-0.3, -0.25) is 14.6 Å². The predicted molar refractivity (Wildman–Crippen MR) is 178 cm³/mol. The summed E-state index contributed by atoms with van der Waals surface area (Å²) < 4.78 is 5.50. The predicted octanol–water partition coefficient (Wildman–Crippen LogP) is 5.86. The number of aromatic nitrogens is 2. The molecule has 2 aliphatic heterocycles. The van der Waals surface area contributed by atoms with Crippen molar-refractivity contribution in [1.82, 2.24) is 19.8 Å². The first kappa shape index (κ1) is 29.7. The van der Waals surface area contributed by atoms with Gasteiger partial charge in [0.25, 0.3) is 0 Å². The molecule has 0 aliphatic carbocycles. The van der Waals surface area contributed by atoms with Crippen molar-refractivity contribution in [3.63, 3.8) is 0 Å². The van der Waals surface area contributed by atoms with Gasteiger partial charge in [0.2, 0.25) is 11.8 Å². The summed E-state index contributed by atoms with van der Waals surface area (Å²) in [6.07, 6.45) is 5.78. The maximum absolute atomic E-state index is 13.9. The summed E-state index contributed by atoms with van der Waals surface area (Å²) in [5.41, 5.74) is 5.60. The summed E-state index contributed by atoms with van der Waals surface area (Å²) in [6, 6.07) is 27.7. The number of piperidine rings is 1. The van der Waals surface area contributed by atoms with Crippen molar-refractivity contribution in [1.29, 1.82) is 0 Å². The zero-order valence-corrected chi connectivity index (χ0v) is 25.8. The van der Waals surface area contributed by atoms with E-state index in [-0.39, 0.29) is 17.6 Å². The van der Waals surface area contributed by atoms with Gasteiger partial charge in [-0.1, -0.05) is 66.7 Å². The maximum atomic E-state index is 13.9. The number of carbonyl (C=O) groups excluding carboxylic acids is 2. The number of nitrogens with zero attached hydrogens (tertiary/aromatic N) is 3. The number of nitrogens with one attached hydrogen (secondary N) is 1. The molecule has 2 saturated heterocycles. The summed E-state index contributed by atoms with van der Waals surface area (Å²) in [4.78, 5) is 38.7. The summed E-state index contributed by atoms with van der Waals surface area (Å²) in [7, 11) is 0. The molecule has 0 atom stereocenters. The molecular weight excluding hydrogens is 576 g/mol. The Labute approximate surface area is 268 Å². The highest BCUT2D eigenvalue weighted by Crippen LogP contribution is 2.40. The first-order chi connectivity index (χ1) is 22.5. The first-order valence-corrected chi connectivity index (χ1v) is 16.0. The lowest BCUT2D eigenvalue weighted by atomic mass is 9.72. The minimum Gasteiger partial charge on any atom is -0.507 e. The van der Waals surface area contributed by atoms with Crippen LogP contribution in [-0.2, 0) is 27.2 Å². The van der Waals surface area contributed by atoms with Crippen LogP contribution in [0.3, 0.4) is 0 Å². The number of likely N-dealkylation sites (tertiary alicyclic amines) is 1. The van der Waals surface area contributed by atoms with Crippen molar-refractivity contribution in [3.8, 4) is 28.1 Å². The Balaban J connectivity index is 1.03. The fourth-order valence-electron chi connectivity index (χ4n) is 6.94. The molecular formula is C38H38N4O4. The number of ether oxygens (including phenoxy) is 1. The monoisotopic (exact) mass is 614 g/mol. The van der Waals surface area contributed by atoms with E-state index in [1.807, 2.05) is 82.6 Å². The van der Waals surface area contributed by atoms with Gasteiger partial charge in [0.15, 0.2) is 0 Å². The van der Waals surface area contributed by atoms with E-state index in [2.05, 4.69) is 22.1 Å². The first-order valence-electron chi connectivity index (χ1n) is 16.0. The molecule has 2 fully saturated rings. The Morgan fingerprint density at radius 3 is 2.30 bits per heavy atom. The molecule has 0 bridgehead atoms. The number of aromatic hydroxyl groups is 1. The Bertz CT molecular complexity index is 1800. The third-order valence-corrected chi connectivity index (χ3v) is 9.58. The summed E-state index contributed by atoms with van der Waals surface area (Å²) in [5.74, 6) is 0.457. The number of phenols is 1. The highest BCUT2D eigenvalue weighted by molar-refractivity contribution is 5.89. The van der Waals surface area contributed by atoms with Gasteiger partial charge in [0, 0.05) is 48.9 Å². The largest absolute Gasteiger partial charge is 0.507 e. The minimum atomic E-state index is -0.516. The molecule has 0 spiro atoms. The van der Waals surface area contributed by atoms with Crippen LogP contribution in [0, 0.1) is 5.41 Å². The van der Waals surface area contributed by atoms with Crippen LogP contribution in [0.4, 0.5) is 0 Å². The fourth-order valence-corrected chi connectivity index (χ4v) is 6.94. The molecule has 7 rings (SSSR count). The summed E-state index contributed by atoms with van der Waals surface area (Å²) >= 11 is 0. The molecule has 0 saturated carbocycles. The van der Waals surface area contributed by atoms with E-state index in [1.165, 1.54) is 0 Å². The average Bonchev–Trinajstić information content (AvgIpc) is 3.54. The molecule has 0 unspecified atom stereocenters. The Kier molecular flexibility index (Phi) is 8.28. The zero-order valence-electron chi connectivity index (χ0n) is 25.8. The van der Waals surface area contributed by atoms with Gasteiger partial charge in [-0.2, -0.15) is 0 Å². The number of hydrogen-bond donors (Lipinski definition) is 2. The summed E-state index contributed by atoms with van der Waals surface area (Å²) in [5, 5.41) is 12.3. The van der Waals surface area contributed by atoms with Crippen molar-refractivity contribution in [2.75, 3.05) is 39.4 Å². The lowest BCUT2D eigenvalue weighted by Crippen LogP contribution is -2.54. The third kappa shape index (κ3) is 6.00. The van der Waals surface area contributed by atoms with Gasteiger partial charge < -0.3 is 24.6 Å². The fraction of sp³-hybridized carbons (Fsp3) is 0.289. The smallest absolute Gasteiger partial charge is 0.229 e. The quantitative estimate of drug-likeness (QED) is 0.240. The minimum absolute atomic E-state index is 0.0676. The van der Waals surface area contributed by atoms with E-state index in [0.29, 0.717) is 70.6 Å². The number of phenolic OH excluding ortho intramolecular Hbond substituents is 1. The van der Waals surface area contributed by atoms with E-state index in [9.17, 15) is 14.7 Å². The van der Waals surface area contributed by atoms with Crippen LogP contribution < -0.4 is 0 Å². The van der Waals surface area contributed by atoms with Crippen molar-refractivity contribution in [2.45, 2.75) is 25.7 Å². The molecule has 2 amide bonds. The Hall–Kier alpha value is -4.95. The number of rotatable bonds is 7. The molecule has 4 heterocycles. The molecule has 3 aromatic carbocycles. The lowest BCUT2D eigenvalue weighted by molar-refractivity contribution is -0.151. The second kappa shape index (κ2) is 12.8. The van der Waals surface area contributed by atoms with Crippen LogP contribution >= 0.6 is 0 Å². The van der Waals surface area contributed by atoms with Crippen molar-refractivity contribution in [2.24, 2.45) is 5.41 Å². The van der Waals surface area contributed by atoms with Crippen LogP contribution in [0.25, 0.3) is 33.3 Å². The van der Waals surface area contributed by atoms with E-state index in [0.717, 1.165) is 38.9 Å². The SMILES string of the molecule is O=C(Cc1ccc(-c2cccc(-c3cc4ccncc4[nH]3)c2O)cc1)N1CCC(Cc2ccccc2)(C(=O)N2CCOCC2)CC1. The van der Waals surface area contributed by atoms with Crippen LogP contribution in [0.5, 0.6) is 5.75 Å². The molecule has 8 heteroatoms. The lowest BCUT2D eigenvalue weighted by Gasteiger charge is -2.44. The number of carbonyl (C=O) groups is 2. The van der Waals surface area contributed by atoms with Crippen LogP contribution in [-0.4, -0.2) is 76.1 Å². The second-order valence-electron chi connectivity index (χ2n) is 12.4. The van der Waals surface area contributed by atoms with Gasteiger partial charge in [0.05, 0.1) is 42.5 Å². The summed E-state index contributed by atoms with van der Waals surface area (Å²) in [6.45, 7) is 3.51. The number of aromatic amines is 1. The highest BCUT2D eigenvalue weighted by atomic mass is 16.5. The van der Waals surface area contributed by atoms with Crippen molar-refractivity contribution in [3.05, 3.63) is 108 Å². The number of fused-ring (bicyclic) bond motifs is 1. The van der Waals surface area contributed by atoms with Crippen LogP contribution in [0.1, 0.15) is 24.0 Å². The number of benzene rings is 3. The number of hydrogen-bond acceptors (Lipinski definition) is 5. The molecule has 2 aromatic heterocycles. The van der Waals surface area contributed by atoms with Crippen molar-refractivity contribution < 1.29 is 19.4 Å². The number of amides is 2. The number of morpholine rings is 1. The van der Waals surface area contributed by atoms with E-state index >= 15 is 0 Å². The Morgan fingerprint density at radius 2 is 1.57 bits per heavy atom. The molecule has 2 N–H and O–H groups in total. The second-order valence-corrected chi connectivity index (χ2v) is 12.4. The molecule has 2 aliphatic rings. The maximum Gasteiger partial charge on any atom is 0.229 e. The number of para-hydroxylation sites is 1. The van der Waals surface area contributed by atoms with Crippen molar-refractivity contribution >= 4 is 22.7 Å². The topological polar surface area (TPSA) is 98.8 Å². The average molecular weight is 615 g/mol. The van der Waals surface area contributed by atoms with Gasteiger partial charge in [0.1, 0.15) is 5.75 Å². The van der Waals surface area contributed by atoms with Gasteiger partial charge in [-0.15, -0.1) is 0 Å². The van der Waals surface area contributed by atoms with Gasteiger partial charge in [-0.25, -0.2) is 0 Å². The molecule has 46 heavy (non-hydrogen) atoms. The molecule has 0 radical (unpaired) electrons. The van der Waals surface area contributed by atoms with E-state index in [4.69, 9.17) is 4.74 Å². The standard InChI is InChI=1S/C38H38N4O4/c43-35(41-17-14-38(15-18-41,25-28-5-2-1-3-6-28)37(45)42-19-21-46-22-20-42)23-27-9-11-29(12-10-27)31-7-4-8-32(36(31)44)33-24-30-13-16-39-26-34(30)40-33/h1-13,16,24,26,40,44H,14-15,17-23,25H2. The normalized spacial score (nSPS) is 16.4. The van der Waals surface area contributed by atoms with Crippen LogP contribution in [0.15, 0.2) is 97.3 Å². The number of H-pyrrole nitrogens is 1. The van der Waals surface area contributed by atoms with Crippen LogP contribution in [0.2, 0.25) is 0 Å². The zero-order chi connectivity index (χ0) is 31.5. The molecule has 234 valence electrons. The van der Waals surface area contributed by atoms with E-state index < -0.39 is 5.41 Å². The highest BCUT2D eigenvalue weighted by Gasteiger charge is 2.44. The third-order valence-electron chi connectivity index (χ3n) is 9.58. The number of pyridine rings is 1. The van der Waals surface area contributed by atoms with Gasteiger partial charge >= 0.3 is 0 Å². The molecule has 5 aromatic rings. The van der Waals surface area contributed by atoms with E-state index in [1.54, 1.807) is 12.4 Å².